The third kappa shape index (κ3) is 3.92. The highest BCUT2D eigenvalue weighted by atomic mass is 16.4. The molecule has 0 aliphatic carbocycles. The molecule has 0 unspecified atom stereocenters. The molecule has 25 heavy (non-hydrogen) atoms. The number of hydrogen-bond acceptors (Lipinski definition) is 3. The number of carbonyl (C=O) groups excluding carboxylic acids is 1. The average Bonchev–Trinajstić information content (AvgIpc) is 3.03. The molecule has 0 radical (unpaired) electrons. The van der Waals surface area contributed by atoms with Crippen LogP contribution in [0.1, 0.15) is 22.8 Å². The second-order valence-corrected chi connectivity index (χ2v) is 5.65. The number of benzene rings is 2. The minimum absolute atomic E-state index is 0.133. The van der Waals surface area contributed by atoms with Gasteiger partial charge >= 0.3 is 5.97 Å². The molecule has 0 fully saturated rings. The van der Waals surface area contributed by atoms with Gasteiger partial charge in [-0.05, 0) is 29.8 Å². The molecule has 0 saturated heterocycles. The fourth-order valence-corrected chi connectivity index (χ4v) is 2.64. The number of imidazole rings is 1. The summed E-state index contributed by atoms with van der Waals surface area (Å²) in [6.07, 6.45) is 3.54. The van der Waals surface area contributed by atoms with Crippen molar-refractivity contribution < 1.29 is 14.7 Å². The van der Waals surface area contributed by atoms with Crippen molar-refractivity contribution in [3.05, 3.63) is 72.1 Å². The number of amides is 1. The minimum atomic E-state index is -0.948. The molecule has 0 aliphatic rings. The van der Waals surface area contributed by atoms with E-state index < -0.39 is 5.97 Å². The monoisotopic (exact) mass is 335 g/mol. The Balaban J connectivity index is 1.89. The Bertz CT molecular complexity index is 931. The lowest BCUT2D eigenvalue weighted by Gasteiger charge is -2.10. The zero-order chi connectivity index (χ0) is 17.8. The van der Waals surface area contributed by atoms with Gasteiger partial charge in [-0.15, -0.1) is 0 Å². The summed E-state index contributed by atoms with van der Waals surface area (Å²) < 4.78 is 1.94. The van der Waals surface area contributed by atoms with E-state index >= 15 is 0 Å². The summed E-state index contributed by atoms with van der Waals surface area (Å²) in [6, 6.07) is 14.3. The standard InChI is InChI=1S/C19H17N3O3/c1-13(23)21-17-7-3-5-15(11-17)18-20-8-9-22(18)12-14-4-2-6-16(10-14)19(24)25/h2-11H,12H2,1H3,(H,21,23)(H,24,25). The van der Waals surface area contributed by atoms with Crippen molar-refractivity contribution in [2.75, 3.05) is 5.32 Å². The second kappa shape index (κ2) is 7.00. The highest BCUT2D eigenvalue weighted by Gasteiger charge is 2.09. The highest BCUT2D eigenvalue weighted by Crippen LogP contribution is 2.22. The van der Waals surface area contributed by atoms with Gasteiger partial charge in [0.25, 0.3) is 0 Å². The third-order valence-corrected chi connectivity index (χ3v) is 3.68. The molecule has 3 rings (SSSR count). The fourth-order valence-electron chi connectivity index (χ4n) is 2.64. The Morgan fingerprint density at radius 1 is 1.16 bits per heavy atom. The van der Waals surface area contributed by atoms with Crippen molar-refractivity contribution in [1.82, 2.24) is 9.55 Å². The Labute approximate surface area is 144 Å². The third-order valence-electron chi connectivity index (χ3n) is 3.68. The van der Waals surface area contributed by atoms with Crippen molar-refractivity contribution in [3.8, 4) is 11.4 Å². The van der Waals surface area contributed by atoms with Crippen molar-refractivity contribution in [2.24, 2.45) is 0 Å². The van der Waals surface area contributed by atoms with E-state index in [1.165, 1.54) is 6.92 Å². The molecule has 1 aromatic heterocycles. The highest BCUT2D eigenvalue weighted by molar-refractivity contribution is 5.89. The quantitative estimate of drug-likeness (QED) is 0.749. The van der Waals surface area contributed by atoms with E-state index in [0.29, 0.717) is 12.2 Å². The number of aromatic carboxylic acids is 1. The summed E-state index contributed by atoms with van der Waals surface area (Å²) in [5.41, 5.74) is 2.70. The lowest BCUT2D eigenvalue weighted by Crippen LogP contribution is -2.06. The summed E-state index contributed by atoms with van der Waals surface area (Å²) in [6.45, 7) is 1.96. The van der Waals surface area contributed by atoms with Crippen LogP contribution in [0.5, 0.6) is 0 Å². The maximum Gasteiger partial charge on any atom is 0.335 e. The normalized spacial score (nSPS) is 10.4. The molecule has 0 aliphatic heterocycles. The lowest BCUT2D eigenvalue weighted by atomic mass is 10.1. The van der Waals surface area contributed by atoms with Crippen LogP contribution < -0.4 is 5.32 Å². The topological polar surface area (TPSA) is 84.2 Å². The van der Waals surface area contributed by atoms with Gasteiger partial charge in [0.05, 0.1) is 5.56 Å². The smallest absolute Gasteiger partial charge is 0.335 e. The molecule has 6 nitrogen and oxygen atoms in total. The number of carboxylic acid groups (broad SMARTS) is 1. The summed E-state index contributed by atoms with van der Waals surface area (Å²) in [5, 5.41) is 11.9. The van der Waals surface area contributed by atoms with E-state index in [1.54, 1.807) is 24.4 Å². The molecule has 1 amide bonds. The average molecular weight is 335 g/mol. The van der Waals surface area contributed by atoms with Gasteiger partial charge in [0, 0.05) is 37.1 Å². The molecule has 0 spiro atoms. The fraction of sp³-hybridized carbons (Fsp3) is 0.105. The van der Waals surface area contributed by atoms with Crippen molar-refractivity contribution >= 4 is 17.6 Å². The van der Waals surface area contributed by atoms with Crippen LogP contribution in [0, 0.1) is 0 Å². The first-order valence-electron chi connectivity index (χ1n) is 7.74. The first-order chi connectivity index (χ1) is 12.0. The zero-order valence-electron chi connectivity index (χ0n) is 13.6. The van der Waals surface area contributed by atoms with Crippen LogP contribution in [0.15, 0.2) is 60.9 Å². The summed E-state index contributed by atoms with van der Waals surface area (Å²) >= 11 is 0. The van der Waals surface area contributed by atoms with E-state index in [4.69, 9.17) is 5.11 Å². The van der Waals surface area contributed by atoms with Gasteiger partial charge in [0.15, 0.2) is 0 Å². The predicted octanol–water partition coefficient (Wildman–Crippen LogP) is 3.26. The van der Waals surface area contributed by atoms with Crippen LogP contribution >= 0.6 is 0 Å². The van der Waals surface area contributed by atoms with E-state index in [-0.39, 0.29) is 11.5 Å². The summed E-state index contributed by atoms with van der Waals surface area (Å²) in [4.78, 5) is 26.7. The predicted molar refractivity (Wildman–Crippen MR) is 94.5 cm³/mol. The Kier molecular flexibility index (Phi) is 4.61. The van der Waals surface area contributed by atoms with E-state index in [9.17, 15) is 9.59 Å². The van der Waals surface area contributed by atoms with Crippen LogP contribution in [0.4, 0.5) is 5.69 Å². The molecule has 2 N–H and O–H groups in total. The number of nitrogens with one attached hydrogen (secondary N) is 1. The van der Waals surface area contributed by atoms with Gasteiger partial charge in [0.1, 0.15) is 5.82 Å². The summed E-state index contributed by atoms with van der Waals surface area (Å²) in [7, 11) is 0. The number of anilines is 1. The molecular formula is C19H17N3O3. The number of carbonyl (C=O) groups is 2. The Morgan fingerprint density at radius 2 is 1.96 bits per heavy atom. The van der Waals surface area contributed by atoms with E-state index in [2.05, 4.69) is 10.3 Å². The molecule has 0 bridgehead atoms. The van der Waals surface area contributed by atoms with Crippen LogP contribution in [0.25, 0.3) is 11.4 Å². The number of hydrogen-bond donors (Lipinski definition) is 2. The van der Waals surface area contributed by atoms with E-state index in [1.807, 2.05) is 41.1 Å². The van der Waals surface area contributed by atoms with Gasteiger partial charge < -0.3 is 15.0 Å². The van der Waals surface area contributed by atoms with Crippen molar-refractivity contribution in [1.29, 1.82) is 0 Å². The van der Waals surface area contributed by atoms with Crippen molar-refractivity contribution in [3.63, 3.8) is 0 Å². The SMILES string of the molecule is CC(=O)Nc1cccc(-c2nccn2Cc2cccc(C(=O)O)c2)c1. The molecule has 6 heteroatoms. The van der Waals surface area contributed by atoms with Gasteiger partial charge in [-0.1, -0.05) is 24.3 Å². The number of carboxylic acids is 1. The maximum absolute atomic E-state index is 11.2. The molecule has 1 heterocycles. The molecule has 2 aromatic carbocycles. The van der Waals surface area contributed by atoms with Crippen LogP contribution in [-0.4, -0.2) is 26.5 Å². The zero-order valence-corrected chi connectivity index (χ0v) is 13.6. The number of nitrogens with zero attached hydrogens (tertiary/aromatic N) is 2. The lowest BCUT2D eigenvalue weighted by molar-refractivity contribution is -0.114. The summed E-state index contributed by atoms with van der Waals surface area (Å²) in [5.74, 6) is -0.338. The molecule has 126 valence electrons. The van der Waals surface area contributed by atoms with Gasteiger partial charge in [0.2, 0.25) is 5.91 Å². The number of rotatable bonds is 5. The first-order valence-corrected chi connectivity index (χ1v) is 7.74. The molecular weight excluding hydrogens is 318 g/mol. The van der Waals surface area contributed by atoms with Crippen molar-refractivity contribution in [2.45, 2.75) is 13.5 Å². The second-order valence-electron chi connectivity index (χ2n) is 5.65. The molecule has 3 aromatic rings. The largest absolute Gasteiger partial charge is 0.478 e. The van der Waals surface area contributed by atoms with Crippen LogP contribution in [0.3, 0.4) is 0 Å². The minimum Gasteiger partial charge on any atom is -0.478 e. The maximum atomic E-state index is 11.2. The van der Waals surface area contributed by atoms with Crippen LogP contribution in [0.2, 0.25) is 0 Å². The molecule has 0 atom stereocenters. The van der Waals surface area contributed by atoms with Gasteiger partial charge in [-0.3, -0.25) is 4.79 Å². The van der Waals surface area contributed by atoms with E-state index in [0.717, 1.165) is 17.0 Å². The molecule has 0 saturated carbocycles. The first kappa shape index (κ1) is 16.4. The Hall–Kier alpha value is -3.41. The van der Waals surface area contributed by atoms with Gasteiger partial charge in [-0.25, -0.2) is 9.78 Å². The van der Waals surface area contributed by atoms with Crippen LogP contribution in [-0.2, 0) is 11.3 Å². The van der Waals surface area contributed by atoms with Gasteiger partial charge in [-0.2, -0.15) is 0 Å². The Morgan fingerprint density at radius 3 is 2.72 bits per heavy atom. The number of aromatic nitrogens is 2.